The normalized spacial score (nSPS) is 11.4. The van der Waals surface area contributed by atoms with Crippen LogP contribution in [-0.2, 0) is 5.54 Å². The first-order valence-electron chi connectivity index (χ1n) is 4.37. The van der Waals surface area contributed by atoms with Gasteiger partial charge in [0.05, 0.1) is 4.92 Å². The molecule has 0 atom stereocenters. The molecule has 0 aliphatic rings. The van der Waals surface area contributed by atoms with Gasteiger partial charge in [-0.25, -0.2) is 0 Å². The van der Waals surface area contributed by atoms with E-state index in [-0.39, 0.29) is 10.6 Å². The summed E-state index contributed by atoms with van der Waals surface area (Å²) in [4.78, 5) is 10.5. The van der Waals surface area contributed by atoms with Crippen LogP contribution in [0.4, 0.5) is 5.69 Å². The van der Waals surface area contributed by atoms with Crippen molar-refractivity contribution in [3.63, 3.8) is 0 Å². The van der Waals surface area contributed by atoms with Gasteiger partial charge in [-0.3, -0.25) is 10.1 Å². The van der Waals surface area contributed by atoms with Crippen molar-refractivity contribution in [2.45, 2.75) is 26.3 Å². The summed E-state index contributed by atoms with van der Waals surface area (Å²) < 4.78 is 0. The van der Waals surface area contributed by atoms with E-state index in [4.69, 9.17) is 5.73 Å². The zero-order valence-corrected chi connectivity index (χ0v) is 8.57. The molecular formula is C10H14N2O2. The molecule has 0 aromatic heterocycles. The Labute approximate surface area is 82.9 Å². The van der Waals surface area contributed by atoms with Crippen LogP contribution in [0.3, 0.4) is 0 Å². The van der Waals surface area contributed by atoms with E-state index in [0.29, 0.717) is 11.1 Å². The van der Waals surface area contributed by atoms with Gasteiger partial charge in [0.2, 0.25) is 0 Å². The Morgan fingerprint density at radius 1 is 1.43 bits per heavy atom. The first-order chi connectivity index (χ1) is 6.34. The Bertz CT molecular complexity index is 367. The fraction of sp³-hybridized carbons (Fsp3) is 0.400. The molecule has 0 radical (unpaired) electrons. The highest BCUT2D eigenvalue weighted by Crippen LogP contribution is 2.30. The van der Waals surface area contributed by atoms with Crippen LogP contribution >= 0.6 is 0 Å². The van der Waals surface area contributed by atoms with E-state index in [9.17, 15) is 10.1 Å². The summed E-state index contributed by atoms with van der Waals surface area (Å²) in [5.41, 5.74) is 6.51. The highest BCUT2D eigenvalue weighted by atomic mass is 16.6. The Hall–Kier alpha value is -1.42. The molecule has 1 rings (SSSR count). The van der Waals surface area contributed by atoms with Gasteiger partial charge in [0, 0.05) is 16.7 Å². The second-order valence-electron chi connectivity index (χ2n) is 3.95. The third-order valence-electron chi connectivity index (χ3n) is 2.11. The molecule has 0 heterocycles. The van der Waals surface area contributed by atoms with Gasteiger partial charge < -0.3 is 5.73 Å². The van der Waals surface area contributed by atoms with Crippen molar-refractivity contribution in [2.24, 2.45) is 5.73 Å². The van der Waals surface area contributed by atoms with Gasteiger partial charge in [0.25, 0.3) is 5.69 Å². The summed E-state index contributed by atoms with van der Waals surface area (Å²) in [5.74, 6) is 0. The number of nitrogens with two attached hydrogens (primary N) is 1. The molecule has 0 amide bonds. The number of hydrogen-bond acceptors (Lipinski definition) is 3. The maximum Gasteiger partial charge on any atom is 0.277 e. The third-order valence-corrected chi connectivity index (χ3v) is 2.11. The van der Waals surface area contributed by atoms with Crippen molar-refractivity contribution < 1.29 is 4.92 Å². The Kier molecular flexibility index (Phi) is 2.57. The topological polar surface area (TPSA) is 69.2 Å². The molecule has 0 saturated heterocycles. The lowest BCUT2D eigenvalue weighted by Crippen LogP contribution is -2.29. The fourth-order valence-electron chi connectivity index (χ4n) is 1.42. The molecule has 0 aliphatic heterocycles. The molecular weight excluding hydrogens is 180 g/mol. The highest BCUT2D eigenvalue weighted by Gasteiger charge is 2.26. The first-order valence-corrected chi connectivity index (χ1v) is 4.37. The second kappa shape index (κ2) is 3.38. The minimum atomic E-state index is -0.686. The van der Waals surface area contributed by atoms with Crippen molar-refractivity contribution in [3.8, 4) is 0 Å². The average Bonchev–Trinajstić information content (AvgIpc) is 2.01. The van der Waals surface area contributed by atoms with Crippen molar-refractivity contribution >= 4 is 5.69 Å². The van der Waals surface area contributed by atoms with E-state index < -0.39 is 5.54 Å². The number of rotatable bonds is 2. The van der Waals surface area contributed by atoms with Crippen LogP contribution in [0.15, 0.2) is 18.2 Å². The first kappa shape index (κ1) is 10.7. The van der Waals surface area contributed by atoms with Gasteiger partial charge in [-0.15, -0.1) is 0 Å². The van der Waals surface area contributed by atoms with Crippen LogP contribution in [0.1, 0.15) is 25.0 Å². The monoisotopic (exact) mass is 194 g/mol. The van der Waals surface area contributed by atoms with Crippen molar-refractivity contribution in [3.05, 3.63) is 39.4 Å². The van der Waals surface area contributed by atoms with E-state index in [2.05, 4.69) is 0 Å². The van der Waals surface area contributed by atoms with Crippen LogP contribution in [0, 0.1) is 17.0 Å². The average molecular weight is 194 g/mol. The molecule has 14 heavy (non-hydrogen) atoms. The smallest absolute Gasteiger partial charge is 0.277 e. The summed E-state index contributed by atoms with van der Waals surface area (Å²) in [6.45, 7) is 5.23. The number of nitrogens with zero attached hydrogens (tertiary/aromatic N) is 1. The molecule has 2 N–H and O–H groups in total. The van der Waals surface area contributed by atoms with Gasteiger partial charge >= 0.3 is 0 Å². The molecule has 0 spiro atoms. The number of nitro benzene ring substituents is 1. The number of nitro groups is 1. The largest absolute Gasteiger partial charge is 0.322 e. The van der Waals surface area contributed by atoms with E-state index in [1.54, 1.807) is 39.0 Å². The van der Waals surface area contributed by atoms with Gasteiger partial charge in [-0.2, -0.15) is 0 Å². The maximum absolute atomic E-state index is 10.8. The van der Waals surface area contributed by atoms with Crippen molar-refractivity contribution in [1.29, 1.82) is 0 Å². The summed E-state index contributed by atoms with van der Waals surface area (Å²) in [7, 11) is 0. The van der Waals surface area contributed by atoms with Gasteiger partial charge in [-0.05, 0) is 20.8 Å². The SMILES string of the molecule is Cc1cccc(C(C)(C)N)c1[N+](=O)[O-]. The minimum absolute atomic E-state index is 0.125. The quantitative estimate of drug-likeness (QED) is 0.579. The predicted octanol–water partition coefficient (Wildman–Crippen LogP) is 2.10. The molecule has 4 heteroatoms. The molecule has 1 aromatic rings. The maximum atomic E-state index is 10.8. The second-order valence-corrected chi connectivity index (χ2v) is 3.95. The molecule has 4 nitrogen and oxygen atoms in total. The summed E-state index contributed by atoms with van der Waals surface area (Å²) in [6, 6.07) is 5.20. The number of hydrogen-bond donors (Lipinski definition) is 1. The number of para-hydroxylation sites is 1. The van der Waals surface area contributed by atoms with Crippen LogP contribution in [0.25, 0.3) is 0 Å². The molecule has 1 aromatic carbocycles. The van der Waals surface area contributed by atoms with E-state index in [1.165, 1.54) is 0 Å². The zero-order valence-electron chi connectivity index (χ0n) is 8.57. The lowest BCUT2D eigenvalue weighted by Gasteiger charge is -2.19. The third kappa shape index (κ3) is 1.90. The van der Waals surface area contributed by atoms with Gasteiger partial charge in [0.1, 0.15) is 0 Å². The molecule has 0 bridgehead atoms. The van der Waals surface area contributed by atoms with Crippen LogP contribution in [0.2, 0.25) is 0 Å². The standard InChI is InChI=1S/C10H14N2O2/c1-7-5-4-6-8(10(2,3)11)9(7)12(13)14/h4-6H,11H2,1-3H3. The number of benzene rings is 1. The molecule has 76 valence electrons. The Morgan fingerprint density at radius 2 is 2.00 bits per heavy atom. The molecule has 0 saturated carbocycles. The Balaban J connectivity index is 3.44. The molecule has 0 fully saturated rings. The van der Waals surface area contributed by atoms with E-state index in [0.717, 1.165) is 0 Å². The van der Waals surface area contributed by atoms with Crippen LogP contribution in [0.5, 0.6) is 0 Å². The highest BCUT2D eigenvalue weighted by molar-refractivity contribution is 5.50. The van der Waals surface area contributed by atoms with E-state index >= 15 is 0 Å². The summed E-state index contributed by atoms with van der Waals surface area (Å²) in [5, 5.41) is 10.8. The van der Waals surface area contributed by atoms with Crippen LogP contribution in [-0.4, -0.2) is 4.92 Å². The lowest BCUT2D eigenvalue weighted by atomic mass is 9.92. The van der Waals surface area contributed by atoms with Crippen LogP contribution < -0.4 is 5.73 Å². The predicted molar refractivity (Wildman–Crippen MR) is 55.0 cm³/mol. The van der Waals surface area contributed by atoms with E-state index in [1.807, 2.05) is 0 Å². The molecule has 0 unspecified atom stereocenters. The lowest BCUT2D eigenvalue weighted by molar-refractivity contribution is -0.386. The van der Waals surface area contributed by atoms with Crippen molar-refractivity contribution in [2.75, 3.05) is 0 Å². The zero-order chi connectivity index (χ0) is 10.9. The fourth-order valence-corrected chi connectivity index (χ4v) is 1.42. The minimum Gasteiger partial charge on any atom is -0.322 e. The van der Waals surface area contributed by atoms with Gasteiger partial charge in [-0.1, -0.05) is 18.2 Å². The summed E-state index contributed by atoms with van der Waals surface area (Å²) >= 11 is 0. The van der Waals surface area contributed by atoms with Gasteiger partial charge in [0.15, 0.2) is 0 Å². The number of aryl methyl sites for hydroxylation is 1. The van der Waals surface area contributed by atoms with Crippen molar-refractivity contribution in [1.82, 2.24) is 0 Å². The summed E-state index contributed by atoms with van der Waals surface area (Å²) in [6.07, 6.45) is 0. The Morgan fingerprint density at radius 3 is 2.36 bits per heavy atom. The molecule has 0 aliphatic carbocycles.